The van der Waals surface area contributed by atoms with Gasteiger partial charge in [0.1, 0.15) is 0 Å². The van der Waals surface area contributed by atoms with Crippen LogP contribution in [0.15, 0.2) is 0 Å². The van der Waals surface area contributed by atoms with Gasteiger partial charge in [-0.3, -0.25) is 15.5 Å². The Morgan fingerprint density at radius 3 is 2.46 bits per heavy atom. The minimum Gasteiger partial charge on any atom is -0.353 e. The van der Waals surface area contributed by atoms with Crippen molar-refractivity contribution in [2.45, 2.75) is 38.1 Å². The van der Waals surface area contributed by atoms with Crippen LogP contribution in [0.3, 0.4) is 0 Å². The molecule has 0 aliphatic heterocycles. The van der Waals surface area contributed by atoms with Crippen molar-refractivity contribution in [3.8, 4) is 0 Å². The molecule has 5 heteroatoms. The number of amides is 1. The summed E-state index contributed by atoms with van der Waals surface area (Å²) in [6, 6.07) is 0.349. The predicted molar refractivity (Wildman–Crippen MR) is 55.3 cm³/mol. The summed E-state index contributed by atoms with van der Waals surface area (Å²) in [5, 5.41) is 12.1. The van der Waals surface area contributed by atoms with E-state index in [9.17, 15) is 4.79 Å². The molecule has 1 rings (SSSR count). The molecule has 1 saturated carbocycles. The molecule has 1 amide bonds. The summed E-state index contributed by atoms with van der Waals surface area (Å²) >= 11 is 3.52. The number of thiol groups is 1. The quantitative estimate of drug-likeness (QED) is 0.295. The van der Waals surface area contributed by atoms with Gasteiger partial charge in [-0.25, -0.2) is 0 Å². The third-order valence-corrected chi connectivity index (χ3v) is 2.30. The molecule has 0 bridgehead atoms. The Bertz CT molecular complexity index is 202. The lowest BCUT2D eigenvalue weighted by atomic mass is 9.96. The van der Waals surface area contributed by atoms with Gasteiger partial charge in [0.15, 0.2) is 5.96 Å². The molecule has 0 aromatic rings. The smallest absolute Gasteiger partial charge is 0.282 e. The Morgan fingerprint density at radius 2 is 1.92 bits per heavy atom. The molecule has 0 unspecified atom stereocenters. The van der Waals surface area contributed by atoms with Gasteiger partial charge in [-0.05, 0) is 12.8 Å². The Kier molecular flexibility index (Phi) is 4.08. The second kappa shape index (κ2) is 5.11. The summed E-state index contributed by atoms with van der Waals surface area (Å²) < 4.78 is 0. The topological polar surface area (TPSA) is 65.0 Å². The van der Waals surface area contributed by atoms with Crippen LogP contribution in [0.2, 0.25) is 0 Å². The molecule has 4 nitrogen and oxygen atoms in total. The third-order valence-electron chi connectivity index (χ3n) is 2.19. The van der Waals surface area contributed by atoms with Crippen molar-refractivity contribution in [1.82, 2.24) is 10.6 Å². The molecule has 3 N–H and O–H groups in total. The number of rotatable bonds is 1. The van der Waals surface area contributed by atoms with Gasteiger partial charge in [-0.2, -0.15) is 0 Å². The Labute approximate surface area is 83.4 Å². The zero-order chi connectivity index (χ0) is 9.68. The number of carbonyl (C=O) groups excluding carboxylic acids is 1. The lowest BCUT2D eigenvalue weighted by molar-refractivity contribution is 0.264. The van der Waals surface area contributed by atoms with Crippen molar-refractivity contribution in [3.05, 3.63) is 0 Å². The standard InChI is InChI=1S/C8H15N3OS/c9-7(11-8(12)13)10-6-4-2-1-3-5-6/h6H,1-5H2,(H4,9,10,11,12,13). The van der Waals surface area contributed by atoms with E-state index in [1.807, 2.05) is 0 Å². The highest BCUT2D eigenvalue weighted by Crippen LogP contribution is 2.16. The fourth-order valence-electron chi connectivity index (χ4n) is 1.59. The predicted octanol–water partition coefficient (Wildman–Crippen LogP) is 1.48. The van der Waals surface area contributed by atoms with E-state index in [2.05, 4.69) is 23.3 Å². The molecule has 0 radical (unpaired) electrons. The van der Waals surface area contributed by atoms with Crippen molar-refractivity contribution in [3.63, 3.8) is 0 Å². The van der Waals surface area contributed by atoms with Crippen molar-refractivity contribution >= 4 is 23.8 Å². The van der Waals surface area contributed by atoms with E-state index >= 15 is 0 Å². The lowest BCUT2D eigenvalue weighted by Gasteiger charge is -2.23. The van der Waals surface area contributed by atoms with E-state index in [0.717, 1.165) is 12.8 Å². The summed E-state index contributed by atoms with van der Waals surface area (Å²) in [4.78, 5) is 10.5. The van der Waals surface area contributed by atoms with Crippen LogP contribution in [0, 0.1) is 5.41 Å². The van der Waals surface area contributed by atoms with E-state index in [-0.39, 0.29) is 5.96 Å². The average molecular weight is 201 g/mol. The van der Waals surface area contributed by atoms with Crippen LogP contribution in [-0.2, 0) is 0 Å². The maximum absolute atomic E-state index is 10.5. The van der Waals surface area contributed by atoms with Gasteiger partial charge in [0.25, 0.3) is 5.24 Å². The van der Waals surface area contributed by atoms with Crippen LogP contribution >= 0.6 is 12.6 Å². The molecule has 1 fully saturated rings. The van der Waals surface area contributed by atoms with Crippen molar-refractivity contribution < 1.29 is 4.79 Å². The van der Waals surface area contributed by atoms with Gasteiger partial charge < -0.3 is 5.32 Å². The Balaban J connectivity index is 2.22. The molecule has 13 heavy (non-hydrogen) atoms. The van der Waals surface area contributed by atoms with Crippen LogP contribution in [0.4, 0.5) is 4.79 Å². The second-order valence-electron chi connectivity index (χ2n) is 3.28. The van der Waals surface area contributed by atoms with Gasteiger partial charge in [0, 0.05) is 6.04 Å². The highest BCUT2D eigenvalue weighted by molar-refractivity contribution is 7.96. The van der Waals surface area contributed by atoms with Gasteiger partial charge >= 0.3 is 0 Å². The van der Waals surface area contributed by atoms with Gasteiger partial charge in [0.2, 0.25) is 0 Å². The average Bonchev–Trinajstić information content (AvgIpc) is 2.04. The molecule has 1 aliphatic rings. The van der Waals surface area contributed by atoms with E-state index < -0.39 is 5.24 Å². The third kappa shape index (κ3) is 4.17. The maximum atomic E-state index is 10.5. The van der Waals surface area contributed by atoms with Gasteiger partial charge in [0.05, 0.1) is 0 Å². The first-order valence-corrected chi connectivity index (χ1v) is 4.98. The summed E-state index contributed by atoms with van der Waals surface area (Å²) in [6.07, 6.45) is 5.87. The number of hydrogen-bond donors (Lipinski definition) is 4. The number of nitrogens with one attached hydrogen (secondary N) is 3. The molecule has 0 atom stereocenters. The minimum absolute atomic E-state index is 0.0619. The lowest BCUT2D eigenvalue weighted by Crippen LogP contribution is -2.44. The number of carbonyl (C=O) groups is 1. The molecular formula is C8H15N3OS. The van der Waals surface area contributed by atoms with Crippen LogP contribution in [0.25, 0.3) is 0 Å². The fourth-order valence-corrected chi connectivity index (χ4v) is 1.71. The highest BCUT2D eigenvalue weighted by atomic mass is 32.1. The number of hydrogen-bond acceptors (Lipinski definition) is 2. The van der Waals surface area contributed by atoms with E-state index in [0.29, 0.717) is 6.04 Å². The largest absolute Gasteiger partial charge is 0.353 e. The fraction of sp³-hybridized carbons (Fsp3) is 0.750. The summed E-state index contributed by atoms with van der Waals surface area (Å²) in [5.74, 6) is 0.0619. The highest BCUT2D eigenvalue weighted by Gasteiger charge is 2.14. The van der Waals surface area contributed by atoms with Crippen LogP contribution in [-0.4, -0.2) is 17.2 Å². The monoisotopic (exact) mass is 201 g/mol. The molecule has 0 aromatic heterocycles. The summed E-state index contributed by atoms with van der Waals surface area (Å²) in [7, 11) is 0. The zero-order valence-electron chi connectivity index (χ0n) is 7.47. The Hall–Kier alpha value is -0.710. The SMILES string of the molecule is N=C(NC(=O)S)NC1CCCCC1. The first kappa shape index (κ1) is 10.4. The summed E-state index contributed by atoms with van der Waals surface area (Å²) in [6.45, 7) is 0. The normalized spacial score (nSPS) is 17.9. The molecule has 1 aliphatic carbocycles. The van der Waals surface area contributed by atoms with Crippen molar-refractivity contribution in [1.29, 1.82) is 5.41 Å². The van der Waals surface area contributed by atoms with E-state index in [1.54, 1.807) is 0 Å². The molecule has 0 aromatic carbocycles. The molecular weight excluding hydrogens is 186 g/mol. The first-order valence-electron chi connectivity index (χ1n) is 4.53. The van der Waals surface area contributed by atoms with Gasteiger partial charge in [-0.15, -0.1) is 0 Å². The van der Waals surface area contributed by atoms with E-state index in [1.165, 1.54) is 19.3 Å². The van der Waals surface area contributed by atoms with E-state index in [4.69, 9.17) is 5.41 Å². The molecule has 0 saturated heterocycles. The number of guanidine groups is 1. The van der Waals surface area contributed by atoms with Crippen LogP contribution in [0.1, 0.15) is 32.1 Å². The molecule has 74 valence electrons. The molecule has 0 heterocycles. The molecule has 0 spiro atoms. The van der Waals surface area contributed by atoms with Crippen LogP contribution < -0.4 is 10.6 Å². The zero-order valence-corrected chi connectivity index (χ0v) is 8.36. The van der Waals surface area contributed by atoms with Crippen molar-refractivity contribution in [2.75, 3.05) is 0 Å². The summed E-state index contributed by atoms with van der Waals surface area (Å²) in [5.41, 5.74) is 0. The minimum atomic E-state index is -0.492. The second-order valence-corrected chi connectivity index (χ2v) is 3.69. The van der Waals surface area contributed by atoms with Gasteiger partial charge in [-0.1, -0.05) is 31.9 Å². The van der Waals surface area contributed by atoms with Crippen molar-refractivity contribution in [2.24, 2.45) is 0 Å². The Morgan fingerprint density at radius 1 is 1.31 bits per heavy atom. The maximum Gasteiger partial charge on any atom is 0.282 e. The van der Waals surface area contributed by atoms with Crippen LogP contribution in [0.5, 0.6) is 0 Å². The first-order chi connectivity index (χ1) is 6.18.